The molecule has 11 heteroatoms. The van der Waals surface area contributed by atoms with E-state index in [0.29, 0.717) is 0 Å². The molecule has 2 heterocycles. The number of nitrogens with two attached hydrogens (primary N) is 1. The average Bonchev–Trinajstić information content (AvgIpc) is 2.86. The predicted octanol–water partition coefficient (Wildman–Crippen LogP) is 1.35. The number of amides is 1. The van der Waals surface area contributed by atoms with Crippen molar-refractivity contribution in [3.63, 3.8) is 0 Å². The van der Waals surface area contributed by atoms with E-state index in [1.807, 2.05) is 5.32 Å². The summed E-state index contributed by atoms with van der Waals surface area (Å²) in [5.41, 5.74) is 4.70. The van der Waals surface area contributed by atoms with Gasteiger partial charge in [0.2, 0.25) is 0 Å². The summed E-state index contributed by atoms with van der Waals surface area (Å²) in [6.07, 6.45) is -8.33. The molecular formula is C11H14F3N3O4S. The van der Waals surface area contributed by atoms with Gasteiger partial charge >= 0.3 is 12.3 Å². The molecule has 0 aromatic carbocycles. The molecule has 2 rings (SSSR count). The number of hydrogen-bond acceptors (Lipinski definition) is 6. The second-order valence-corrected chi connectivity index (χ2v) is 5.82. The highest BCUT2D eigenvalue weighted by molar-refractivity contribution is 7.10. The van der Waals surface area contributed by atoms with E-state index in [2.05, 4.69) is 4.98 Å². The van der Waals surface area contributed by atoms with E-state index in [9.17, 15) is 23.1 Å². The smallest absolute Gasteiger partial charge is 0.414 e. The fraction of sp³-hybridized carbons (Fsp3) is 0.636. The Labute approximate surface area is 126 Å². The number of nitrogens with one attached hydrogen (secondary N) is 1. The molecule has 1 aliphatic rings. The Morgan fingerprint density at radius 3 is 2.86 bits per heavy atom. The molecule has 1 amide bonds. The van der Waals surface area contributed by atoms with Crippen molar-refractivity contribution >= 4 is 23.2 Å². The topological polar surface area (TPSA) is 118 Å². The van der Waals surface area contributed by atoms with Crippen LogP contribution in [-0.2, 0) is 10.3 Å². The molecule has 1 aromatic heterocycles. The molecule has 124 valence electrons. The summed E-state index contributed by atoms with van der Waals surface area (Å²) in [5, 5.41) is 21.6. The Bertz CT molecular complexity index is 553. The molecule has 0 spiro atoms. The van der Waals surface area contributed by atoms with Crippen LogP contribution in [0.5, 0.6) is 0 Å². The van der Waals surface area contributed by atoms with E-state index >= 15 is 0 Å². The van der Waals surface area contributed by atoms with Gasteiger partial charge < -0.3 is 20.7 Å². The van der Waals surface area contributed by atoms with Gasteiger partial charge in [-0.25, -0.2) is 9.78 Å². The molecule has 0 radical (unpaired) electrons. The summed E-state index contributed by atoms with van der Waals surface area (Å²) in [6, 6.07) is 0. The third kappa shape index (κ3) is 3.32. The molecule has 0 aliphatic carbocycles. The second kappa shape index (κ2) is 5.99. The molecule has 0 bridgehead atoms. The number of carbonyl (C=O) groups is 1. The average molecular weight is 341 g/mol. The molecule has 1 aromatic rings. The number of nitrogens with zero attached hydrogens (tertiary/aromatic N) is 1. The van der Waals surface area contributed by atoms with Gasteiger partial charge in [-0.15, -0.1) is 11.3 Å². The SMILES string of the molecule is NC1(c2nc(NC(=O)O)cs2)COC(C(F)(F)F)CC1CO. The summed E-state index contributed by atoms with van der Waals surface area (Å²) >= 11 is 0.990. The van der Waals surface area contributed by atoms with E-state index in [1.54, 1.807) is 0 Å². The van der Waals surface area contributed by atoms with Gasteiger partial charge in [-0.1, -0.05) is 0 Å². The van der Waals surface area contributed by atoms with Crippen LogP contribution >= 0.6 is 11.3 Å². The molecule has 7 nitrogen and oxygen atoms in total. The van der Waals surface area contributed by atoms with Crippen LogP contribution in [0.3, 0.4) is 0 Å². The van der Waals surface area contributed by atoms with Gasteiger partial charge in [0.05, 0.1) is 12.1 Å². The zero-order valence-corrected chi connectivity index (χ0v) is 11.9. The highest BCUT2D eigenvalue weighted by Gasteiger charge is 2.52. The molecule has 1 saturated heterocycles. The monoisotopic (exact) mass is 341 g/mol. The van der Waals surface area contributed by atoms with Crippen molar-refractivity contribution in [1.29, 1.82) is 0 Å². The van der Waals surface area contributed by atoms with Crippen LogP contribution in [0.1, 0.15) is 11.4 Å². The number of aromatic nitrogens is 1. The predicted molar refractivity (Wildman–Crippen MR) is 70.6 cm³/mol. The normalized spacial score (nSPS) is 29.3. The Balaban J connectivity index is 2.21. The van der Waals surface area contributed by atoms with Crippen LogP contribution in [0, 0.1) is 5.92 Å². The quantitative estimate of drug-likeness (QED) is 0.659. The van der Waals surface area contributed by atoms with Gasteiger partial charge in [0.15, 0.2) is 6.10 Å². The van der Waals surface area contributed by atoms with Gasteiger partial charge in [-0.2, -0.15) is 13.2 Å². The van der Waals surface area contributed by atoms with Crippen molar-refractivity contribution in [3.05, 3.63) is 10.4 Å². The third-order valence-corrected chi connectivity index (χ3v) is 4.51. The van der Waals surface area contributed by atoms with Gasteiger partial charge in [-0.3, -0.25) is 5.32 Å². The lowest BCUT2D eigenvalue weighted by Crippen LogP contribution is -2.57. The maximum absolute atomic E-state index is 12.7. The van der Waals surface area contributed by atoms with E-state index in [1.165, 1.54) is 5.38 Å². The largest absolute Gasteiger partial charge is 0.465 e. The summed E-state index contributed by atoms with van der Waals surface area (Å²) in [7, 11) is 0. The van der Waals surface area contributed by atoms with Crippen molar-refractivity contribution in [1.82, 2.24) is 4.98 Å². The number of thiazole rings is 1. The highest BCUT2D eigenvalue weighted by atomic mass is 32.1. The first-order valence-corrected chi connectivity index (χ1v) is 7.08. The number of halogens is 3. The first-order chi connectivity index (χ1) is 10.2. The van der Waals surface area contributed by atoms with Crippen molar-refractivity contribution in [2.24, 2.45) is 11.7 Å². The Morgan fingerprint density at radius 2 is 2.32 bits per heavy atom. The fourth-order valence-electron chi connectivity index (χ4n) is 2.25. The minimum absolute atomic E-state index is 0.0203. The van der Waals surface area contributed by atoms with Crippen LogP contribution in [-0.4, -0.2) is 46.8 Å². The van der Waals surface area contributed by atoms with Gasteiger partial charge in [0.1, 0.15) is 10.8 Å². The lowest BCUT2D eigenvalue weighted by atomic mass is 9.80. The van der Waals surface area contributed by atoms with Gasteiger partial charge in [0.25, 0.3) is 0 Å². The third-order valence-electron chi connectivity index (χ3n) is 3.47. The lowest BCUT2D eigenvalue weighted by molar-refractivity contribution is -0.248. The minimum atomic E-state index is -4.53. The first-order valence-electron chi connectivity index (χ1n) is 6.21. The Kier molecular flexibility index (Phi) is 4.61. The van der Waals surface area contributed by atoms with Crippen LogP contribution in [0.2, 0.25) is 0 Å². The molecule has 22 heavy (non-hydrogen) atoms. The molecule has 3 unspecified atom stereocenters. The summed E-state index contributed by atoms with van der Waals surface area (Å²) in [5.74, 6) is -0.885. The van der Waals surface area contributed by atoms with Crippen molar-refractivity contribution in [2.75, 3.05) is 18.5 Å². The molecule has 1 aliphatic heterocycles. The van der Waals surface area contributed by atoms with E-state index in [-0.39, 0.29) is 10.8 Å². The summed E-state index contributed by atoms with van der Waals surface area (Å²) < 4.78 is 43.0. The Hall–Kier alpha value is -1.43. The van der Waals surface area contributed by atoms with E-state index < -0.39 is 49.5 Å². The Morgan fingerprint density at radius 1 is 1.64 bits per heavy atom. The number of alkyl halides is 3. The van der Waals surface area contributed by atoms with Gasteiger partial charge in [-0.05, 0) is 6.42 Å². The maximum atomic E-state index is 12.7. The van der Waals surface area contributed by atoms with Crippen LogP contribution in [0.15, 0.2) is 5.38 Å². The zero-order chi connectivity index (χ0) is 16.5. The molecule has 1 fully saturated rings. The number of aliphatic hydroxyl groups excluding tert-OH is 1. The van der Waals surface area contributed by atoms with Crippen LogP contribution in [0.25, 0.3) is 0 Å². The summed E-state index contributed by atoms with van der Waals surface area (Å²) in [4.78, 5) is 14.5. The number of aliphatic hydroxyl groups is 1. The number of ether oxygens (including phenoxy) is 1. The standard InChI is InChI=1S/C11H14F3N3O4S/c12-11(13,14)6-1-5(2-18)10(15,4-21-6)8-16-7(3-22-8)17-9(19)20/h3,5-6,17-18H,1-2,4,15H2,(H,19,20). The van der Waals surface area contributed by atoms with Crippen molar-refractivity contribution in [3.8, 4) is 0 Å². The zero-order valence-electron chi connectivity index (χ0n) is 11.1. The van der Waals surface area contributed by atoms with E-state index in [0.717, 1.165) is 11.3 Å². The van der Waals surface area contributed by atoms with Crippen molar-refractivity contribution in [2.45, 2.75) is 24.2 Å². The van der Waals surface area contributed by atoms with E-state index in [4.69, 9.17) is 15.6 Å². The molecule has 5 N–H and O–H groups in total. The summed E-state index contributed by atoms with van der Waals surface area (Å²) in [6.45, 7) is -1.03. The van der Waals surface area contributed by atoms with Crippen LogP contribution < -0.4 is 11.1 Å². The minimum Gasteiger partial charge on any atom is -0.465 e. The maximum Gasteiger partial charge on any atom is 0.414 e. The fourth-order valence-corrected chi connectivity index (χ4v) is 3.18. The van der Waals surface area contributed by atoms with Gasteiger partial charge in [0, 0.05) is 17.9 Å². The number of carboxylic acid groups (broad SMARTS) is 1. The molecule has 0 saturated carbocycles. The number of anilines is 1. The van der Waals surface area contributed by atoms with Crippen molar-refractivity contribution < 1.29 is 32.9 Å². The first kappa shape index (κ1) is 16.9. The molecular weight excluding hydrogens is 327 g/mol. The second-order valence-electron chi connectivity index (χ2n) is 4.96. The number of hydrogen-bond donors (Lipinski definition) is 4. The highest BCUT2D eigenvalue weighted by Crippen LogP contribution is 2.41. The number of rotatable bonds is 3. The van der Waals surface area contributed by atoms with Crippen LogP contribution in [0.4, 0.5) is 23.8 Å². The lowest BCUT2D eigenvalue weighted by Gasteiger charge is -2.42. The molecule has 3 atom stereocenters.